The molecule has 1 atom stereocenters. The molecule has 4 rings (SSSR count). The van der Waals surface area contributed by atoms with Crippen LogP contribution in [0.3, 0.4) is 0 Å². The van der Waals surface area contributed by atoms with E-state index < -0.39 is 10.0 Å². The number of benzene rings is 2. The number of hydrogen-bond donors (Lipinski definition) is 0. The largest absolute Gasteiger partial charge is 0.359 e. The number of sulfonamides is 1. The molecule has 1 amide bonds. The molecule has 0 bridgehead atoms. The number of anilines is 1. The van der Waals surface area contributed by atoms with Crippen LogP contribution in [0.5, 0.6) is 0 Å². The summed E-state index contributed by atoms with van der Waals surface area (Å²) < 4.78 is 27.2. The second kappa shape index (κ2) is 7.97. The number of piperazine rings is 1. The average Bonchev–Trinajstić information content (AvgIpc) is 3.03. The third kappa shape index (κ3) is 3.86. The van der Waals surface area contributed by atoms with E-state index in [1.165, 1.54) is 15.9 Å². The van der Waals surface area contributed by atoms with E-state index in [0.717, 1.165) is 12.1 Å². The summed E-state index contributed by atoms with van der Waals surface area (Å²) in [7, 11) is -3.66. The predicted octanol–water partition coefficient (Wildman–Crippen LogP) is 2.62. The van der Waals surface area contributed by atoms with Gasteiger partial charge in [0.25, 0.3) is 0 Å². The van der Waals surface area contributed by atoms with Gasteiger partial charge in [0.05, 0.1) is 11.6 Å². The lowest BCUT2D eigenvalue weighted by atomic mass is 10.1. The maximum absolute atomic E-state index is 12.9. The van der Waals surface area contributed by atoms with Gasteiger partial charge in [0.1, 0.15) is 4.90 Å². The Hall–Kier alpha value is -2.09. The summed E-state index contributed by atoms with van der Waals surface area (Å²) in [5.74, 6) is 0.0309. The van der Waals surface area contributed by atoms with E-state index in [0.29, 0.717) is 19.6 Å². The van der Waals surface area contributed by atoms with Gasteiger partial charge in [0, 0.05) is 37.9 Å². The van der Waals surface area contributed by atoms with Crippen LogP contribution in [0.25, 0.3) is 0 Å². The molecule has 154 valence electrons. The number of nitrogens with zero attached hydrogens (tertiary/aromatic N) is 3. The van der Waals surface area contributed by atoms with Crippen molar-refractivity contribution in [1.29, 1.82) is 0 Å². The van der Waals surface area contributed by atoms with Crippen LogP contribution >= 0.6 is 11.6 Å². The van der Waals surface area contributed by atoms with Gasteiger partial charge in [-0.1, -0.05) is 41.9 Å². The molecule has 1 saturated heterocycles. The van der Waals surface area contributed by atoms with Crippen LogP contribution < -0.4 is 4.90 Å². The molecule has 1 fully saturated rings. The molecule has 0 spiro atoms. The van der Waals surface area contributed by atoms with E-state index in [2.05, 4.69) is 24.0 Å². The zero-order valence-electron chi connectivity index (χ0n) is 16.3. The van der Waals surface area contributed by atoms with Crippen LogP contribution in [0.2, 0.25) is 5.02 Å². The minimum Gasteiger partial charge on any atom is -0.359 e. The lowest BCUT2D eigenvalue weighted by Gasteiger charge is -2.35. The monoisotopic (exact) mass is 433 g/mol. The first-order chi connectivity index (χ1) is 13.9. The third-order valence-electron chi connectivity index (χ3n) is 5.70. The number of amides is 1. The van der Waals surface area contributed by atoms with E-state index in [4.69, 9.17) is 11.6 Å². The molecule has 8 heteroatoms. The van der Waals surface area contributed by atoms with Crippen LogP contribution in [-0.2, 0) is 21.2 Å². The maximum atomic E-state index is 12.9. The molecule has 29 heavy (non-hydrogen) atoms. The molecule has 2 aromatic rings. The lowest BCUT2D eigenvalue weighted by Crippen LogP contribution is -2.53. The molecule has 0 aliphatic carbocycles. The summed E-state index contributed by atoms with van der Waals surface area (Å²) >= 11 is 6.08. The summed E-state index contributed by atoms with van der Waals surface area (Å²) in [5.41, 5.74) is 2.39. The van der Waals surface area contributed by atoms with Gasteiger partial charge in [-0.05, 0) is 37.1 Å². The van der Waals surface area contributed by atoms with Crippen molar-refractivity contribution < 1.29 is 13.2 Å². The molecule has 0 aromatic heterocycles. The quantitative estimate of drug-likeness (QED) is 0.743. The van der Waals surface area contributed by atoms with E-state index >= 15 is 0 Å². The highest BCUT2D eigenvalue weighted by molar-refractivity contribution is 7.89. The van der Waals surface area contributed by atoms with Crippen LogP contribution in [0, 0.1) is 0 Å². The Kier molecular flexibility index (Phi) is 5.55. The van der Waals surface area contributed by atoms with Crippen LogP contribution in [-0.4, -0.2) is 62.3 Å². The number of fused-ring (bicyclic) bond motifs is 1. The first-order valence-electron chi connectivity index (χ1n) is 9.75. The Labute approximate surface area is 176 Å². The van der Waals surface area contributed by atoms with Crippen molar-refractivity contribution in [3.8, 4) is 0 Å². The van der Waals surface area contributed by atoms with Crippen LogP contribution in [0.15, 0.2) is 53.4 Å². The first-order valence-corrected chi connectivity index (χ1v) is 11.6. The second-order valence-electron chi connectivity index (χ2n) is 7.53. The van der Waals surface area contributed by atoms with Crippen LogP contribution in [0.1, 0.15) is 12.5 Å². The van der Waals surface area contributed by atoms with E-state index in [9.17, 15) is 13.2 Å². The molecule has 6 nitrogen and oxygen atoms in total. The molecule has 0 N–H and O–H groups in total. The standard InChI is InChI=1S/C21H24ClN3O3S/c1-16-14-17-6-2-4-8-19(17)25(16)15-21(26)23-10-12-24(13-11-23)29(27,28)20-9-5-3-7-18(20)22/h2-9,16H,10-15H2,1H3. The highest BCUT2D eigenvalue weighted by Crippen LogP contribution is 2.31. The molecule has 0 saturated carbocycles. The maximum Gasteiger partial charge on any atom is 0.244 e. The van der Waals surface area contributed by atoms with Gasteiger partial charge in [0.2, 0.25) is 15.9 Å². The molecular weight excluding hydrogens is 410 g/mol. The van der Waals surface area contributed by atoms with Crippen LogP contribution in [0.4, 0.5) is 5.69 Å². The number of halogens is 1. The summed E-state index contributed by atoms with van der Waals surface area (Å²) in [6, 6.07) is 14.9. The summed E-state index contributed by atoms with van der Waals surface area (Å²) in [6.45, 7) is 3.74. The zero-order chi connectivity index (χ0) is 20.6. The second-order valence-corrected chi connectivity index (χ2v) is 9.84. The van der Waals surface area contributed by atoms with Gasteiger partial charge < -0.3 is 9.80 Å². The van der Waals surface area contributed by atoms with Gasteiger partial charge >= 0.3 is 0 Å². The highest BCUT2D eigenvalue weighted by atomic mass is 35.5. The van der Waals surface area contributed by atoms with Crippen molar-refractivity contribution >= 4 is 33.2 Å². The van der Waals surface area contributed by atoms with Gasteiger partial charge in [-0.2, -0.15) is 4.31 Å². The number of carbonyl (C=O) groups is 1. The summed E-state index contributed by atoms with van der Waals surface area (Å²) in [5, 5.41) is 0.215. The Bertz CT molecular complexity index is 1020. The SMILES string of the molecule is CC1Cc2ccccc2N1CC(=O)N1CCN(S(=O)(=O)c2ccccc2Cl)CC1. The topological polar surface area (TPSA) is 60.9 Å². The molecule has 2 aliphatic rings. The minimum atomic E-state index is -3.66. The summed E-state index contributed by atoms with van der Waals surface area (Å²) in [4.78, 5) is 16.9. The smallest absolute Gasteiger partial charge is 0.244 e. The van der Waals surface area contributed by atoms with Gasteiger partial charge in [-0.3, -0.25) is 4.79 Å². The van der Waals surface area contributed by atoms with Gasteiger partial charge in [-0.15, -0.1) is 0 Å². The number of hydrogen-bond acceptors (Lipinski definition) is 4. The Morgan fingerprint density at radius 1 is 1.03 bits per heavy atom. The fourth-order valence-corrected chi connectivity index (χ4v) is 6.00. The van der Waals surface area contributed by atoms with Crippen molar-refractivity contribution in [2.24, 2.45) is 0 Å². The average molecular weight is 434 g/mol. The normalized spacial score (nSPS) is 20.0. The van der Waals surface area contributed by atoms with Gasteiger partial charge in [-0.25, -0.2) is 8.42 Å². The Morgan fingerprint density at radius 2 is 1.69 bits per heavy atom. The van der Waals surface area contributed by atoms with E-state index in [1.54, 1.807) is 23.1 Å². The molecule has 2 aromatic carbocycles. The molecule has 1 unspecified atom stereocenters. The van der Waals surface area contributed by atoms with Crippen molar-refractivity contribution in [1.82, 2.24) is 9.21 Å². The predicted molar refractivity (Wildman–Crippen MR) is 114 cm³/mol. The first kappa shape index (κ1) is 20.2. The zero-order valence-corrected chi connectivity index (χ0v) is 17.9. The Balaban J connectivity index is 1.40. The van der Waals surface area contributed by atoms with Crippen molar-refractivity contribution in [2.45, 2.75) is 24.3 Å². The summed E-state index contributed by atoms with van der Waals surface area (Å²) in [6.07, 6.45) is 0.938. The molecular formula is C21H24ClN3O3S. The van der Waals surface area contributed by atoms with Crippen molar-refractivity contribution in [3.63, 3.8) is 0 Å². The highest BCUT2D eigenvalue weighted by Gasteiger charge is 2.33. The Morgan fingerprint density at radius 3 is 2.41 bits per heavy atom. The van der Waals surface area contributed by atoms with Crippen molar-refractivity contribution in [3.05, 3.63) is 59.1 Å². The fourth-order valence-electron chi connectivity index (χ4n) is 4.09. The number of para-hydroxylation sites is 1. The number of carbonyl (C=O) groups excluding carboxylic acids is 1. The number of rotatable bonds is 4. The fraction of sp³-hybridized carbons (Fsp3) is 0.381. The minimum absolute atomic E-state index is 0.0309. The van der Waals surface area contributed by atoms with Crippen molar-refractivity contribution in [2.75, 3.05) is 37.6 Å². The molecule has 2 heterocycles. The third-order valence-corrected chi connectivity index (χ3v) is 8.10. The molecule has 2 aliphatic heterocycles. The van der Waals surface area contributed by atoms with Gasteiger partial charge in [0.15, 0.2) is 0 Å². The lowest BCUT2D eigenvalue weighted by molar-refractivity contribution is -0.130. The van der Waals surface area contributed by atoms with E-state index in [-0.39, 0.29) is 35.0 Å². The van der Waals surface area contributed by atoms with E-state index in [1.807, 2.05) is 12.1 Å². The molecule has 0 radical (unpaired) electrons.